The van der Waals surface area contributed by atoms with E-state index in [2.05, 4.69) is 12.2 Å². The highest BCUT2D eigenvalue weighted by Gasteiger charge is 2.34. The first kappa shape index (κ1) is 13.2. The standard InChI is InChI=1S/C12H22N2O2/c1-3-5-8-6-10(14-7-8)11(15)9(4-2)12(13)16/h8-10,14H,3-7H2,1-2H3,(H2,13,16)/t8?,9-,10?/m0/s1. The van der Waals surface area contributed by atoms with Crippen molar-refractivity contribution in [1.82, 2.24) is 5.32 Å². The smallest absolute Gasteiger partial charge is 0.228 e. The van der Waals surface area contributed by atoms with Crippen LogP contribution in [0.3, 0.4) is 0 Å². The molecule has 1 aliphatic heterocycles. The first-order chi connectivity index (χ1) is 7.60. The second kappa shape index (κ2) is 5.99. The second-order valence-corrected chi connectivity index (χ2v) is 4.62. The summed E-state index contributed by atoms with van der Waals surface area (Å²) in [7, 11) is 0. The molecule has 92 valence electrons. The molecule has 3 N–H and O–H groups in total. The maximum absolute atomic E-state index is 12.0. The predicted octanol–water partition coefficient (Wildman–Crippen LogP) is 0.845. The van der Waals surface area contributed by atoms with Gasteiger partial charge in [-0.25, -0.2) is 0 Å². The van der Waals surface area contributed by atoms with Crippen molar-refractivity contribution in [2.45, 2.75) is 45.6 Å². The molecule has 0 aromatic rings. The van der Waals surface area contributed by atoms with Crippen LogP contribution in [-0.2, 0) is 9.59 Å². The minimum Gasteiger partial charge on any atom is -0.369 e. The highest BCUT2D eigenvalue weighted by Crippen LogP contribution is 2.22. The van der Waals surface area contributed by atoms with E-state index in [1.54, 1.807) is 0 Å². The van der Waals surface area contributed by atoms with Gasteiger partial charge in [-0.15, -0.1) is 0 Å². The molecule has 0 spiro atoms. The lowest BCUT2D eigenvalue weighted by Gasteiger charge is -2.15. The molecule has 4 heteroatoms. The van der Waals surface area contributed by atoms with Gasteiger partial charge in [0, 0.05) is 0 Å². The number of nitrogens with one attached hydrogen (secondary N) is 1. The van der Waals surface area contributed by atoms with Crippen molar-refractivity contribution in [3.05, 3.63) is 0 Å². The van der Waals surface area contributed by atoms with Crippen molar-refractivity contribution < 1.29 is 9.59 Å². The largest absolute Gasteiger partial charge is 0.369 e. The van der Waals surface area contributed by atoms with Crippen LogP contribution in [0.2, 0.25) is 0 Å². The molecule has 0 aliphatic carbocycles. The number of hydrogen-bond acceptors (Lipinski definition) is 3. The summed E-state index contributed by atoms with van der Waals surface area (Å²) in [5.41, 5.74) is 5.22. The first-order valence-electron chi connectivity index (χ1n) is 6.16. The highest BCUT2D eigenvalue weighted by molar-refractivity contribution is 6.03. The number of amides is 1. The van der Waals surface area contributed by atoms with Crippen molar-refractivity contribution >= 4 is 11.7 Å². The summed E-state index contributed by atoms with van der Waals surface area (Å²) in [5, 5.41) is 3.20. The summed E-state index contributed by atoms with van der Waals surface area (Å²) in [4.78, 5) is 23.1. The number of nitrogens with two attached hydrogens (primary N) is 1. The number of ketones is 1. The molecule has 1 amide bonds. The zero-order valence-corrected chi connectivity index (χ0v) is 10.2. The molecule has 2 unspecified atom stereocenters. The molecule has 3 atom stereocenters. The molecule has 0 radical (unpaired) electrons. The number of carbonyl (C=O) groups is 2. The average molecular weight is 226 g/mol. The Morgan fingerprint density at radius 2 is 2.12 bits per heavy atom. The number of hydrogen-bond donors (Lipinski definition) is 2. The molecule has 0 aromatic carbocycles. The van der Waals surface area contributed by atoms with E-state index in [9.17, 15) is 9.59 Å². The van der Waals surface area contributed by atoms with Crippen LogP contribution in [-0.4, -0.2) is 24.3 Å². The summed E-state index contributed by atoms with van der Waals surface area (Å²) in [6, 6.07) is -0.158. The van der Waals surface area contributed by atoms with Gasteiger partial charge in [-0.1, -0.05) is 20.3 Å². The first-order valence-corrected chi connectivity index (χ1v) is 6.16. The number of Topliss-reactive ketones (excluding diaryl/α,β-unsaturated/α-hetero) is 1. The lowest BCUT2D eigenvalue weighted by molar-refractivity contribution is -0.133. The maximum Gasteiger partial charge on any atom is 0.228 e. The van der Waals surface area contributed by atoms with Gasteiger partial charge in [0.05, 0.1) is 12.0 Å². The van der Waals surface area contributed by atoms with Crippen LogP contribution in [0.15, 0.2) is 0 Å². The molecule has 1 saturated heterocycles. The van der Waals surface area contributed by atoms with E-state index >= 15 is 0 Å². The predicted molar refractivity (Wildman–Crippen MR) is 62.8 cm³/mol. The Labute approximate surface area is 97.0 Å². The van der Waals surface area contributed by atoms with E-state index in [0.717, 1.165) is 25.8 Å². The van der Waals surface area contributed by atoms with Crippen molar-refractivity contribution in [2.24, 2.45) is 17.6 Å². The summed E-state index contributed by atoms with van der Waals surface area (Å²) in [5.74, 6) is -0.552. The summed E-state index contributed by atoms with van der Waals surface area (Å²) in [6.07, 6.45) is 3.64. The Morgan fingerprint density at radius 1 is 1.44 bits per heavy atom. The van der Waals surface area contributed by atoms with E-state index < -0.39 is 11.8 Å². The van der Waals surface area contributed by atoms with Gasteiger partial charge in [-0.05, 0) is 31.7 Å². The van der Waals surface area contributed by atoms with Gasteiger partial charge in [0.15, 0.2) is 5.78 Å². The van der Waals surface area contributed by atoms with Crippen LogP contribution in [0, 0.1) is 11.8 Å². The zero-order valence-electron chi connectivity index (χ0n) is 10.2. The van der Waals surface area contributed by atoms with Crippen LogP contribution in [0.1, 0.15) is 39.5 Å². The van der Waals surface area contributed by atoms with Crippen LogP contribution >= 0.6 is 0 Å². The van der Waals surface area contributed by atoms with Gasteiger partial charge >= 0.3 is 0 Å². The Kier molecular flexibility index (Phi) is 4.93. The van der Waals surface area contributed by atoms with Crippen LogP contribution < -0.4 is 11.1 Å². The number of rotatable bonds is 6. The van der Waals surface area contributed by atoms with E-state index in [1.807, 2.05) is 6.92 Å². The molecule has 16 heavy (non-hydrogen) atoms. The molecule has 1 heterocycles. The van der Waals surface area contributed by atoms with Crippen molar-refractivity contribution in [3.63, 3.8) is 0 Å². The fourth-order valence-corrected chi connectivity index (χ4v) is 2.44. The Hall–Kier alpha value is -0.900. The van der Waals surface area contributed by atoms with E-state index in [0.29, 0.717) is 12.3 Å². The van der Waals surface area contributed by atoms with Crippen molar-refractivity contribution in [3.8, 4) is 0 Å². The normalized spacial score (nSPS) is 26.6. The van der Waals surface area contributed by atoms with Crippen LogP contribution in [0.25, 0.3) is 0 Å². The van der Waals surface area contributed by atoms with Gasteiger partial charge in [0.1, 0.15) is 0 Å². The number of primary amides is 1. The lowest BCUT2D eigenvalue weighted by atomic mass is 9.91. The van der Waals surface area contributed by atoms with Gasteiger partial charge in [0.2, 0.25) is 5.91 Å². The third-order valence-electron chi connectivity index (χ3n) is 3.36. The molecular formula is C12H22N2O2. The van der Waals surface area contributed by atoms with Crippen molar-refractivity contribution in [1.29, 1.82) is 0 Å². The number of carbonyl (C=O) groups excluding carboxylic acids is 2. The minimum atomic E-state index is -0.613. The Morgan fingerprint density at radius 3 is 2.62 bits per heavy atom. The van der Waals surface area contributed by atoms with E-state index in [-0.39, 0.29) is 11.8 Å². The van der Waals surface area contributed by atoms with Crippen LogP contribution in [0.4, 0.5) is 0 Å². The Balaban J connectivity index is 2.52. The third-order valence-corrected chi connectivity index (χ3v) is 3.36. The summed E-state index contributed by atoms with van der Waals surface area (Å²) in [6.45, 7) is 4.86. The van der Waals surface area contributed by atoms with E-state index in [4.69, 9.17) is 5.73 Å². The topological polar surface area (TPSA) is 72.2 Å². The average Bonchev–Trinajstić information content (AvgIpc) is 2.67. The summed E-state index contributed by atoms with van der Waals surface area (Å²) < 4.78 is 0. The van der Waals surface area contributed by atoms with Gasteiger partial charge < -0.3 is 11.1 Å². The summed E-state index contributed by atoms with van der Waals surface area (Å²) >= 11 is 0. The molecular weight excluding hydrogens is 204 g/mol. The molecule has 0 saturated carbocycles. The van der Waals surface area contributed by atoms with Gasteiger partial charge in [0.25, 0.3) is 0 Å². The molecule has 1 fully saturated rings. The molecule has 1 rings (SSSR count). The fraction of sp³-hybridized carbons (Fsp3) is 0.833. The van der Waals surface area contributed by atoms with Crippen molar-refractivity contribution in [2.75, 3.05) is 6.54 Å². The SMILES string of the molecule is CCCC1CNC(C(=O)[C@H](CC)C(N)=O)C1. The van der Waals surface area contributed by atoms with Crippen LogP contribution in [0.5, 0.6) is 0 Å². The van der Waals surface area contributed by atoms with E-state index in [1.165, 1.54) is 0 Å². The lowest BCUT2D eigenvalue weighted by Crippen LogP contribution is -2.41. The molecule has 4 nitrogen and oxygen atoms in total. The van der Waals surface area contributed by atoms with Gasteiger partial charge in [-0.2, -0.15) is 0 Å². The fourth-order valence-electron chi connectivity index (χ4n) is 2.44. The molecule has 1 aliphatic rings. The minimum absolute atomic E-state index is 0.0198. The molecule has 0 aromatic heterocycles. The zero-order chi connectivity index (χ0) is 12.1. The molecule has 0 bridgehead atoms. The quantitative estimate of drug-likeness (QED) is 0.659. The van der Waals surface area contributed by atoms with Gasteiger partial charge in [-0.3, -0.25) is 9.59 Å². The second-order valence-electron chi connectivity index (χ2n) is 4.62. The monoisotopic (exact) mass is 226 g/mol. The Bertz CT molecular complexity index is 266. The third kappa shape index (κ3) is 3.04. The maximum atomic E-state index is 12.0. The highest BCUT2D eigenvalue weighted by atomic mass is 16.2.